The number of rotatable bonds is 4. The number of carbonyl (C=O) groups excluding carboxylic acids is 1. The van der Waals surface area contributed by atoms with Crippen LogP contribution in [0.3, 0.4) is 0 Å². The number of amides is 1. The van der Waals surface area contributed by atoms with Crippen molar-refractivity contribution in [3.63, 3.8) is 0 Å². The number of carbonyl (C=O) groups is 1. The van der Waals surface area contributed by atoms with E-state index in [0.717, 1.165) is 10.9 Å². The summed E-state index contributed by atoms with van der Waals surface area (Å²) >= 11 is 0. The summed E-state index contributed by atoms with van der Waals surface area (Å²) in [6.07, 6.45) is 4.83. The molecule has 0 unspecified atom stereocenters. The Balaban J connectivity index is 0.00000256. The van der Waals surface area contributed by atoms with Gasteiger partial charge in [0.2, 0.25) is 0 Å². The summed E-state index contributed by atoms with van der Waals surface area (Å²) in [5.74, 6) is 0.317. The number of allylic oxidation sites excluding steroid dienone is 1. The number of nitriles is 1. The lowest BCUT2D eigenvalue weighted by atomic mass is 9.96. The molecule has 1 N–H and O–H groups in total. The topological polar surface area (TPSA) is 96.5 Å². The van der Waals surface area contributed by atoms with E-state index in [2.05, 4.69) is 33.0 Å². The SMILES string of the molecule is C=C(C)c1c(C#N)cccc1C(=O)Nc1ccc2cnn(-c3ccncn3)c2c1.[HH]. The Morgan fingerprint density at radius 2 is 2.14 bits per heavy atom. The first-order chi connectivity index (χ1) is 14.1. The van der Waals surface area contributed by atoms with Crippen LogP contribution in [-0.4, -0.2) is 25.7 Å². The molecule has 2 aromatic heterocycles. The molecule has 0 aliphatic heterocycles. The molecule has 29 heavy (non-hydrogen) atoms. The predicted molar refractivity (Wildman–Crippen MR) is 113 cm³/mol. The minimum atomic E-state index is -0.312. The molecule has 0 atom stereocenters. The fourth-order valence-electron chi connectivity index (χ4n) is 3.18. The molecule has 4 aromatic rings. The summed E-state index contributed by atoms with van der Waals surface area (Å²) in [7, 11) is 0. The molecule has 0 aliphatic carbocycles. The standard InChI is InChI=1S/C22H16N6O.H2/c1-14(2)21-15(11-23)4-3-5-18(21)22(29)27-17-7-6-16-12-26-28(19(16)10-17)20-8-9-24-13-25-20;/h3-10,12-13H,1H2,2H3,(H,27,29);1H. The predicted octanol–water partition coefficient (Wildman–Crippen LogP) is 4.22. The average Bonchev–Trinajstić information content (AvgIpc) is 3.17. The fraction of sp³-hybridized carbons (Fsp3) is 0.0455. The zero-order valence-electron chi connectivity index (χ0n) is 15.6. The van der Waals surface area contributed by atoms with Crippen LogP contribution in [0.15, 0.2) is 67.8 Å². The van der Waals surface area contributed by atoms with Crippen LogP contribution >= 0.6 is 0 Å². The minimum Gasteiger partial charge on any atom is -0.322 e. The zero-order valence-corrected chi connectivity index (χ0v) is 15.6. The Kier molecular flexibility index (Phi) is 4.59. The molecule has 0 bridgehead atoms. The second kappa shape index (κ2) is 7.37. The van der Waals surface area contributed by atoms with Gasteiger partial charge in [0.15, 0.2) is 5.82 Å². The molecule has 142 valence electrons. The van der Waals surface area contributed by atoms with E-state index >= 15 is 0 Å². The van der Waals surface area contributed by atoms with E-state index in [4.69, 9.17) is 0 Å². The first-order valence-electron chi connectivity index (χ1n) is 8.83. The van der Waals surface area contributed by atoms with Crippen LogP contribution in [0.5, 0.6) is 0 Å². The molecule has 0 radical (unpaired) electrons. The third-order valence-electron chi connectivity index (χ3n) is 4.47. The summed E-state index contributed by atoms with van der Waals surface area (Å²) in [6.45, 7) is 5.69. The van der Waals surface area contributed by atoms with Crippen LogP contribution in [0.1, 0.15) is 29.8 Å². The van der Waals surface area contributed by atoms with E-state index < -0.39 is 0 Å². The van der Waals surface area contributed by atoms with Crippen molar-refractivity contribution >= 4 is 28.1 Å². The maximum atomic E-state index is 12.9. The van der Waals surface area contributed by atoms with Gasteiger partial charge in [-0.1, -0.05) is 12.6 Å². The third-order valence-corrected chi connectivity index (χ3v) is 4.47. The highest BCUT2D eigenvalue weighted by Crippen LogP contribution is 2.25. The van der Waals surface area contributed by atoms with Crippen LogP contribution < -0.4 is 5.32 Å². The van der Waals surface area contributed by atoms with Crippen molar-refractivity contribution in [3.8, 4) is 11.9 Å². The van der Waals surface area contributed by atoms with E-state index in [1.165, 1.54) is 6.33 Å². The molecule has 4 rings (SSSR count). The van der Waals surface area contributed by atoms with E-state index in [1.54, 1.807) is 54.3 Å². The number of hydrogen-bond donors (Lipinski definition) is 1. The first-order valence-corrected chi connectivity index (χ1v) is 8.83. The molecule has 2 aromatic carbocycles. The van der Waals surface area contributed by atoms with Crippen molar-refractivity contribution in [3.05, 3.63) is 84.5 Å². The Morgan fingerprint density at radius 3 is 2.86 bits per heavy atom. The van der Waals surface area contributed by atoms with Gasteiger partial charge in [-0.2, -0.15) is 10.4 Å². The van der Waals surface area contributed by atoms with Crippen molar-refractivity contribution in [1.82, 2.24) is 19.7 Å². The van der Waals surface area contributed by atoms with Gasteiger partial charge >= 0.3 is 0 Å². The highest BCUT2D eigenvalue weighted by Gasteiger charge is 2.16. The lowest BCUT2D eigenvalue weighted by molar-refractivity contribution is 0.102. The van der Waals surface area contributed by atoms with E-state index in [-0.39, 0.29) is 7.33 Å². The monoisotopic (exact) mass is 382 g/mol. The van der Waals surface area contributed by atoms with Gasteiger partial charge in [-0.05, 0) is 42.8 Å². The number of nitrogens with one attached hydrogen (secondary N) is 1. The quantitative estimate of drug-likeness (QED) is 0.570. The number of fused-ring (bicyclic) bond motifs is 1. The molecule has 0 saturated heterocycles. The van der Waals surface area contributed by atoms with Gasteiger partial charge in [0.1, 0.15) is 6.33 Å². The molecule has 0 spiro atoms. The highest BCUT2D eigenvalue weighted by molar-refractivity contribution is 6.08. The number of benzene rings is 2. The van der Waals surface area contributed by atoms with Crippen LogP contribution in [0, 0.1) is 11.3 Å². The summed E-state index contributed by atoms with van der Waals surface area (Å²) in [6, 6.07) is 14.4. The van der Waals surface area contributed by atoms with Crippen LogP contribution in [0.4, 0.5) is 5.69 Å². The molecule has 2 heterocycles. The Morgan fingerprint density at radius 1 is 1.28 bits per heavy atom. The summed E-state index contributed by atoms with van der Waals surface area (Å²) in [5, 5.41) is 17.5. The smallest absolute Gasteiger partial charge is 0.256 e. The van der Waals surface area contributed by atoms with Gasteiger partial charge in [-0.15, -0.1) is 0 Å². The molecular weight excluding hydrogens is 364 g/mol. The molecule has 7 nitrogen and oxygen atoms in total. The second-order valence-corrected chi connectivity index (χ2v) is 6.47. The van der Waals surface area contributed by atoms with Crippen LogP contribution in [-0.2, 0) is 0 Å². The van der Waals surface area contributed by atoms with Crippen LogP contribution in [0.25, 0.3) is 22.3 Å². The van der Waals surface area contributed by atoms with E-state index in [1.807, 2.05) is 12.1 Å². The Labute approximate surface area is 168 Å². The van der Waals surface area contributed by atoms with Gasteiger partial charge < -0.3 is 5.32 Å². The van der Waals surface area contributed by atoms with Crippen molar-refractivity contribution in [1.29, 1.82) is 5.26 Å². The zero-order chi connectivity index (χ0) is 20.4. The Bertz CT molecular complexity index is 1290. The van der Waals surface area contributed by atoms with Crippen molar-refractivity contribution in [2.24, 2.45) is 0 Å². The van der Waals surface area contributed by atoms with Gasteiger partial charge in [-0.3, -0.25) is 4.79 Å². The third kappa shape index (κ3) is 3.35. The van der Waals surface area contributed by atoms with Crippen molar-refractivity contribution in [2.75, 3.05) is 5.32 Å². The van der Waals surface area contributed by atoms with Crippen LogP contribution in [0.2, 0.25) is 0 Å². The highest BCUT2D eigenvalue weighted by atomic mass is 16.1. The molecule has 0 aliphatic rings. The molecule has 1 amide bonds. The molecular formula is C22H18N6O. The Hall–Kier alpha value is -4.31. The van der Waals surface area contributed by atoms with Gasteiger partial charge in [0, 0.05) is 35.9 Å². The largest absolute Gasteiger partial charge is 0.322 e. The number of anilines is 1. The molecule has 0 saturated carbocycles. The van der Waals surface area contributed by atoms with Crippen molar-refractivity contribution < 1.29 is 6.22 Å². The van der Waals surface area contributed by atoms with E-state index in [9.17, 15) is 10.1 Å². The first kappa shape index (κ1) is 18.1. The average molecular weight is 382 g/mol. The van der Waals surface area contributed by atoms with Gasteiger partial charge in [-0.25, -0.2) is 14.6 Å². The number of hydrogen-bond acceptors (Lipinski definition) is 5. The van der Waals surface area contributed by atoms with Gasteiger partial charge in [0.25, 0.3) is 5.91 Å². The van der Waals surface area contributed by atoms with Gasteiger partial charge in [0.05, 0.1) is 23.3 Å². The molecule has 7 heteroatoms. The minimum absolute atomic E-state index is 0. The second-order valence-electron chi connectivity index (χ2n) is 6.47. The fourth-order valence-corrected chi connectivity index (χ4v) is 3.18. The number of aromatic nitrogens is 4. The van der Waals surface area contributed by atoms with Crippen molar-refractivity contribution in [2.45, 2.75) is 6.92 Å². The lowest BCUT2D eigenvalue weighted by Crippen LogP contribution is -2.14. The molecule has 0 fully saturated rings. The summed E-state index contributed by atoms with van der Waals surface area (Å²) in [5.41, 5.74) is 3.44. The maximum absolute atomic E-state index is 12.9. The lowest BCUT2D eigenvalue weighted by Gasteiger charge is -2.12. The summed E-state index contributed by atoms with van der Waals surface area (Å²) < 4.78 is 1.68. The normalized spacial score (nSPS) is 10.5. The number of nitrogens with zero attached hydrogens (tertiary/aromatic N) is 5. The summed E-state index contributed by atoms with van der Waals surface area (Å²) in [4.78, 5) is 21.1. The maximum Gasteiger partial charge on any atom is 0.256 e. The van der Waals surface area contributed by atoms with E-state index in [0.29, 0.717) is 33.8 Å².